The monoisotopic (exact) mass is 161 g/mol. The molecule has 1 aliphatic rings. The Hall–Kier alpha value is -0.860. The van der Waals surface area contributed by atoms with Gasteiger partial charge in [-0.15, -0.1) is 0 Å². The molecule has 1 radical (unpaired) electrons. The molecule has 0 saturated carbocycles. The van der Waals surface area contributed by atoms with Gasteiger partial charge in [-0.25, -0.2) is 5.32 Å². The van der Waals surface area contributed by atoms with E-state index in [1.54, 1.807) is 0 Å². The number of benzene rings is 1. The molecule has 0 unspecified atom stereocenters. The van der Waals surface area contributed by atoms with Crippen molar-refractivity contribution >= 4 is 0 Å². The Kier molecular flexibility index (Phi) is 2.39. The number of hydrogen-bond donors (Lipinski definition) is 0. The summed E-state index contributed by atoms with van der Waals surface area (Å²) in [6.07, 6.45) is 0. The van der Waals surface area contributed by atoms with Crippen LogP contribution in [0.3, 0.4) is 0 Å². The van der Waals surface area contributed by atoms with Crippen molar-refractivity contribution in [3.05, 3.63) is 35.9 Å². The van der Waals surface area contributed by atoms with E-state index in [1.807, 2.05) is 0 Å². The predicted octanol–water partition coefficient (Wildman–Crippen LogP) is 1.06. The van der Waals surface area contributed by atoms with Crippen molar-refractivity contribution in [2.24, 2.45) is 0 Å². The van der Waals surface area contributed by atoms with Crippen molar-refractivity contribution in [3.63, 3.8) is 0 Å². The van der Waals surface area contributed by atoms with E-state index in [9.17, 15) is 0 Å². The fourth-order valence-electron chi connectivity index (χ4n) is 1.47. The molecule has 0 N–H and O–H groups in total. The molecule has 1 aromatic rings. The van der Waals surface area contributed by atoms with Crippen molar-refractivity contribution < 1.29 is 0 Å². The maximum atomic E-state index is 4.29. The van der Waals surface area contributed by atoms with Crippen LogP contribution in [0.15, 0.2) is 30.3 Å². The minimum absolute atomic E-state index is 0.912. The van der Waals surface area contributed by atoms with Gasteiger partial charge in [0.05, 0.1) is 6.67 Å². The first-order chi connectivity index (χ1) is 5.95. The second-order valence-corrected chi connectivity index (χ2v) is 3.13. The lowest BCUT2D eigenvalue weighted by atomic mass is 10.2. The number of hydrogen-bond acceptors (Lipinski definition) is 1. The molecule has 0 aliphatic carbocycles. The summed E-state index contributed by atoms with van der Waals surface area (Å²) < 4.78 is 0. The third-order valence-corrected chi connectivity index (χ3v) is 2.12. The summed E-state index contributed by atoms with van der Waals surface area (Å²) in [6, 6.07) is 10.6. The van der Waals surface area contributed by atoms with Gasteiger partial charge in [-0.1, -0.05) is 30.3 Å². The zero-order valence-electron chi connectivity index (χ0n) is 7.11. The van der Waals surface area contributed by atoms with Crippen molar-refractivity contribution in [1.82, 2.24) is 10.2 Å². The molecule has 0 bridgehead atoms. The first-order valence-corrected chi connectivity index (χ1v) is 4.35. The molecule has 0 aromatic heterocycles. The Balaban J connectivity index is 1.94. The summed E-state index contributed by atoms with van der Waals surface area (Å²) in [6.45, 7) is 4.08. The quantitative estimate of drug-likeness (QED) is 0.634. The lowest BCUT2D eigenvalue weighted by molar-refractivity contribution is 0.326. The standard InChI is InChI=1S/C10H13N2/c1-2-4-10(5-3-1)8-12-7-6-11-9-12/h1-5H,6-9H2. The van der Waals surface area contributed by atoms with Crippen molar-refractivity contribution in [1.29, 1.82) is 0 Å². The molecule has 0 atom stereocenters. The molecule has 2 heteroatoms. The van der Waals surface area contributed by atoms with Crippen LogP contribution in [-0.4, -0.2) is 24.7 Å². The van der Waals surface area contributed by atoms with Crippen molar-refractivity contribution in [3.8, 4) is 0 Å². The van der Waals surface area contributed by atoms with Crippen LogP contribution in [0.1, 0.15) is 5.56 Å². The molecular weight excluding hydrogens is 148 g/mol. The fraction of sp³-hybridized carbons (Fsp3) is 0.400. The minimum Gasteiger partial charge on any atom is -0.284 e. The minimum atomic E-state index is 0.912. The Morgan fingerprint density at radius 1 is 1.25 bits per heavy atom. The van der Waals surface area contributed by atoms with Gasteiger partial charge in [-0.3, -0.25) is 4.90 Å². The lowest BCUT2D eigenvalue weighted by Gasteiger charge is -2.12. The maximum absolute atomic E-state index is 4.29. The molecule has 1 aliphatic heterocycles. The molecule has 2 rings (SSSR count). The van der Waals surface area contributed by atoms with Crippen LogP contribution in [0.25, 0.3) is 0 Å². The van der Waals surface area contributed by atoms with E-state index < -0.39 is 0 Å². The van der Waals surface area contributed by atoms with Gasteiger partial charge < -0.3 is 0 Å². The fourth-order valence-corrected chi connectivity index (χ4v) is 1.47. The van der Waals surface area contributed by atoms with Crippen LogP contribution in [0, 0.1) is 0 Å². The number of nitrogens with zero attached hydrogens (tertiary/aromatic N) is 2. The van der Waals surface area contributed by atoms with E-state index in [0.717, 1.165) is 26.3 Å². The van der Waals surface area contributed by atoms with E-state index in [4.69, 9.17) is 0 Å². The topological polar surface area (TPSA) is 17.3 Å². The molecular formula is C10H13N2. The van der Waals surface area contributed by atoms with Gasteiger partial charge in [0.2, 0.25) is 0 Å². The second kappa shape index (κ2) is 3.70. The van der Waals surface area contributed by atoms with Crippen LogP contribution >= 0.6 is 0 Å². The Morgan fingerprint density at radius 3 is 2.75 bits per heavy atom. The highest BCUT2D eigenvalue weighted by Gasteiger charge is 2.11. The Bertz CT molecular complexity index is 227. The summed E-state index contributed by atoms with van der Waals surface area (Å²) in [5.41, 5.74) is 1.38. The number of rotatable bonds is 2. The van der Waals surface area contributed by atoms with Gasteiger partial charge in [0, 0.05) is 19.6 Å². The van der Waals surface area contributed by atoms with Crippen LogP contribution in [0.5, 0.6) is 0 Å². The zero-order valence-corrected chi connectivity index (χ0v) is 7.11. The molecule has 0 amide bonds. The molecule has 12 heavy (non-hydrogen) atoms. The third-order valence-electron chi connectivity index (χ3n) is 2.12. The van der Waals surface area contributed by atoms with Gasteiger partial charge in [-0.2, -0.15) is 0 Å². The smallest absolute Gasteiger partial charge is 0.0652 e. The van der Waals surface area contributed by atoms with E-state index in [0.29, 0.717) is 0 Å². The van der Waals surface area contributed by atoms with Crippen LogP contribution in [-0.2, 0) is 6.54 Å². The van der Waals surface area contributed by atoms with Gasteiger partial charge in [-0.05, 0) is 5.56 Å². The summed E-state index contributed by atoms with van der Waals surface area (Å²) >= 11 is 0. The SMILES string of the molecule is c1ccc(CN2CC[N]C2)cc1. The molecule has 63 valence electrons. The second-order valence-electron chi connectivity index (χ2n) is 3.13. The molecule has 1 aromatic carbocycles. The predicted molar refractivity (Wildman–Crippen MR) is 48.7 cm³/mol. The highest BCUT2D eigenvalue weighted by atomic mass is 15.3. The molecule has 1 fully saturated rings. The Morgan fingerprint density at radius 2 is 2.08 bits per heavy atom. The highest BCUT2D eigenvalue weighted by Crippen LogP contribution is 2.05. The summed E-state index contributed by atoms with van der Waals surface area (Å²) in [7, 11) is 0. The molecule has 1 heterocycles. The van der Waals surface area contributed by atoms with E-state index in [1.165, 1.54) is 5.56 Å². The first-order valence-electron chi connectivity index (χ1n) is 4.35. The third kappa shape index (κ3) is 1.84. The molecule has 2 nitrogen and oxygen atoms in total. The van der Waals surface area contributed by atoms with Gasteiger partial charge in [0.25, 0.3) is 0 Å². The van der Waals surface area contributed by atoms with Gasteiger partial charge >= 0.3 is 0 Å². The van der Waals surface area contributed by atoms with Crippen molar-refractivity contribution in [2.75, 3.05) is 19.8 Å². The average Bonchev–Trinajstić information content (AvgIpc) is 2.59. The average molecular weight is 161 g/mol. The van der Waals surface area contributed by atoms with Crippen LogP contribution in [0.4, 0.5) is 0 Å². The van der Waals surface area contributed by atoms with Crippen LogP contribution in [0.2, 0.25) is 0 Å². The normalized spacial score (nSPS) is 18.3. The van der Waals surface area contributed by atoms with E-state index >= 15 is 0 Å². The maximum Gasteiger partial charge on any atom is 0.0652 e. The van der Waals surface area contributed by atoms with Gasteiger partial charge in [0.15, 0.2) is 0 Å². The van der Waals surface area contributed by atoms with Crippen LogP contribution < -0.4 is 5.32 Å². The summed E-state index contributed by atoms with van der Waals surface area (Å²) in [5.74, 6) is 0. The van der Waals surface area contributed by atoms with E-state index in [2.05, 4.69) is 40.5 Å². The highest BCUT2D eigenvalue weighted by molar-refractivity contribution is 5.14. The zero-order chi connectivity index (χ0) is 8.23. The lowest BCUT2D eigenvalue weighted by Crippen LogP contribution is -2.19. The van der Waals surface area contributed by atoms with Crippen molar-refractivity contribution in [2.45, 2.75) is 6.54 Å². The molecule has 0 spiro atoms. The molecule has 1 saturated heterocycles. The summed E-state index contributed by atoms with van der Waals surface area (Å²) in [4.78, 5) is 2.36. The largest absolute Gasteiger partial charge is 0.284 e. The first kappa shape index (κ1) is 7.77. The summed E-state index contributed by atoms with van der Waals surface area (Å²) in [5, 5.41) is 4.29. The van der Waals surface area contributed by atoms with Gasteiger partial charge in [0.1, 0.15) is 0 Å². The van der Waals surface area contributed by atoms with E-state index in [-0.39, 0.29) is 0 Å². The Labute approximate surface area is 73.2 Å².